The van der Waals surface area contributed by atoms with E-state index in [0.29, 0.717) is 6.42 Å². The molecule has 0 aliphatic heterocycles. The lowest BCUT2D eigenvalue weighted by Crippen LogP contribution is -2.28. The number of nitrogens with one attached hydrogen (secondary N) is 2. The van der Waals surface area contributed by atoms with E-state index in [1.54, 1.807) is 19.1 Å². The number of rotatable bonds is 5. The van der Waals surface area contributed by atoms with Gasteiger partial charge < -0.3 is 16.4 Å². The summed E-state index contributed by atoms with van der Waals surface area (Å²) in [6.07, 6.45) is 3.27. The fraction of sp³-hybridized carbons (Fsp3) is 0.250. The highest BCUT2D eigenvalue weighted by Crippen LogP contribution is 2.17. The van der Waals surface area contributed by atoms with Gasteiger partial charge in [0.2, 0.25) is 5.91 Å². The Morgan fingerprint density at radius 1 is 1.17 bits per heavy atom. The highest BCUT2D eigenvalue weighted by molar-refractivity contribution is 5.96. The molecule has 0 saturated carbocycles. The van der Waals surface area contributed by atoms with Crippen molar-refractivity contribution >= 4 is 23.3 Å². The van der Waals surface area contributed by atoms with Crippen LogP contribution in [0.25, 0.3) is 0 Å². The third-order valence-electron chi connectivity index (χ3n) is 3.30. The van der Waals surface area contributed by atoms with Crippen molar-refractivity contribution in [1.82, 2.24) is 15.3 Å². The fourth-order valence-electron chi connectivity index (χ4n) is 1.98. The van der Waals surface area contributed by atoms with Crippen LogP contribution < -0.4 is 16.4 Å². The van der Waals surface area contributed by atoms with Crippen molar-refractivity contribution in [2.45, 2.75) is 26.3 Å². The number of amides is 2. The molecule has 0 radical (unpaired) electrons. The number of nitrogens with zero attached hydrogens (tertiary/aromatic N) is 2. The quantitative estimate of drug-likeness (QED) is 0.781. The van der Waals surface area contributed by atoms with Crippen LogP contribution >= 0.6 is 0 Å². The van der Waals surface area contributed by atoms with Gasteiger partial charge in [-0.1, -0.05) is 19.1 Å². The zero-order valence-electron chi connectivity index (χ0n) is 13.0. The van der Waals surface area contributed by atoms with Crippen LogP contribution in [0.2, 0.25) is 0 Å². The number of carbonyl (C=O) groups excluding carboxylic acids is 2. The third-order valence-corrected chi connectivity index (χ3v) is 3.30. The monoisotopic (exact) mass is 313 g/mol. The Bertz CT molecular complexity index is 700. The summed E-state index contributed by atoms with van der Waals surface area (Å²) in [4.78, 5) is 31.3. The molecule has 23 heavy (non-hydrogen) atoms. The summed E-state index contributed by atoms with van der Waals surface area (Å²) in [5.74, 6) is -0.335. The van der Waals surface area contributed by atoms with Gasteiger partial charge in [-0.25, -0.2) is 9.97 Å². The van der Waals surface area contributed by atoms with Crippen molar-refractivity contribution in [3.8, 4) is 0 Å². The van der Waals surface area contributed by atoms with Gasteiger partial charge in [-0.2, -0.15) is 0 Å². The predicted molar refractivity (Wildman–Crippen MR) is 87.7 cm³/mol. The Balaban J connectivity index is 2.03. The molecule has 4 N–H and O–H groups in total. The largest absolute Gasteiger partial charge is 0.382 e. The Hall–Kier alpha value is -2.96. The van der Waals surface area contributed by atoms with Crippen LogP contribution in [0.3, 0.4) is 0 Å². The van der Waals surface area contributed by atoms with Gasteiger partial charge in [0, 0.05) is 24.5 Å². The summed E-state index contributed by atoms with van der Waals surface area (Å²) >= 11 is 0. The second-order valence-corrected chi connectivity index (χ2v) is 5.01. The van der Waals surface area contributed by atoms with E-state index in [2.05, 4.69) is 20.6 Å². The number of nitrogen functional groups attached to an aromatic ring is 1. The second-order valence-electron chi connectivity index (χ2n) is 5.01. The van der Waals surface area contributed by atoms with Crippen molar-refractivity contribution in [3.05, 3.63) is 47.9 Å². The molecule has 0 fully saturated rings. The van der Waals surface area contributed by atoms with E-state index < -0.39 is 0 Å². The molecule has 0 spiro atoms. The van der Waals surface area contributed by atoms with Crippen molar-refractivity contribution in [3.63, 3.8) is 0 Å². The number of aromatic nitrogens is 2. The normalized spacial score (nSPS) is 11.6. The van der Waals surface area contributed by atoms with Crippen LogP contribution in [0.15, 0.2) is 36.7 Å². The van der Waals surface area contributed by atoms with Crippen LogP contribution in [0.4, 0.5) is 11.5 Å². The van der Waals surface area contributed by atoms with Crippen molar-refractivity contribution in [2.24, 2.45) is 0 Å². The maximum atomic E-state index is 12.1. The highest BCUT2D eigenvalue weighted by atomic mass is 16.2. The van der Waals surface area contributed by atoms with Crippen LogP contribution in [0.1, 0.15) is 42.4 Å². The van der Waals surface area contributed by atoms with E-state index in [1.807, 2.05) is 19.1 Å². The lowest BCUT2D eigenvalue weighted by molar-refractivity contribution is -0.115. The van der Waals surface area contributed by atoms with Crippen LogP contribution in [-0.2, 0) is 4.79 Å². The molecule has 0 saturated heterocycles. The maximum Gasteiger partial charge on any atom is 0.274 e. The fourth-order valence-corrected chi connectivity index (χ4v) is 1.98. The van der Waals surface area contributed by atoms with Gasteiger partial charge in [-0.15, -0.1) is 0 Å². The van der Waals surface area contributed by atoms with E-state index in [-0.39, 0.29) is 29.4 Å². The average molecular weight is 313 g/mol. The Morgan fingerprint density at radius 3 is 2.43 bits per heavy atom. The molecule has 120 valence electrons. The summed E-state index contributed by atoms with van der Waals surface area (Å²) in [5.41, 5.74) is 7.36. The molecule has 7 nitrogen and oxygen atoms in total. The zero-order chi connectivity index (χ0) is 16.8. The van der Waals surface area contributed by atoms with E-state index in [1.165, 1.54) is 12.4 Å². The van der Waals surface area contributed by atoms with Crippen LogP contribution in [0, 0.1) is 0 Å². The summed E-state index contributed by atoms with van der Waals surface area (Å²) < 4.78 is 0. The molecule has 1 atom stereocenters. The van der Waals surface area contributed by atoms with Gasteiger partial charge in [0.25, 0.3) is 5.91 Å². The molecule has 0 aliphatic rings. The lowest BCUT2D eigenvalue weighted by Gasteiger charge is -2.15. The smallest absolute Gasteiger partial charge is 0.274 e. The van der Waals surface area contributed by atoms with Gasteiger partial charge in [0.15, 0.2) is 11.5 Å². The second kappa shape index (κ2) is 7.35. The molecule has 1 aromatic carbocycles. The molecule has 1 aromatic heterocycles. The van der Waals surface area contributed by atoms with E-state index in [0.717, 1.165) is 11.3 Å². The minimum atomic E-state index is -0.383. The minimum absolute atomic E-state index is 0.0442. The molecule has 1 unspecified atom stereocenters. The van der Waals surface area contributed by atoms with Crippen molar-refractivity contribution in [1.29, 1.82) is 0 Å². The molecule has 2 rings (SSSR count). The maximum absolute atomic E-state index is 12.1. The van der Waals surface area contributed by atoms with Gasteiger partial charge in [-0.05, 0) is 24.6 Å². The molecular weight excluding hydrogens is 294 g/mol. The van der Waals surface area contributed by atoms with E-state index in [4.69, 9.17) is 5.73 Å². The number of nitrogens with two attached hydrogens (primary N) is 1. The van der Waals surface area contributed by atoms with Crippen LogP contribution in [0.5, 0.6) is 0 Å². The Morgan fingerprint density at radius 2 is 1.83 bits per heavy atom. The topological polar surface area (TPSA) is 110 Å². The summed E-state index contributed by atoms with van der Waals surface area (Å²) in [6, 6.07) is 7.04. The highest BCUT2D eigenvalue weighted by Gasteiger charge is 2.15. The standard InChI is InChI=1S/C16H19N5O2/c1-3-13(22)21-12-6-4-11(5-7-12)10(2)20-16(23)14-15(17)19-9-8-18-14/h4-10H,3H2,1-2H3,(H2,17,19)(H,20,23)(H,21,22). The zero-order valence-corrected chi connectivity index (χ0v) is 13.0. The van der Waals surface area contributed by atoms with E-state index >= 15 is 0 Å². The number of benzene rings is 1. The minimum Gasteiger partial charge on any atom is -0.382 e. The predicted octanol–water partition coefficient (Wildman–Crippen LogP) is 1.90. The first-order chi connectivity index (χ1) is 11.0. The van der Waals surface area contributed by atoms with Gasteiger partial charge in [0.1, 0.15) is 0 Å². The Labute approximate surface area is 134 Å². The lowest BCUT2D eigenvalue weighted by atomic mass is 10.1. The Kier molecular flexibility index (Phi) is 5.24. The van der Waals surface area contributed by atoms with Gasteiger partial charge >= 0.3 is 0 Å². The third kappa shape index (κ3) is 4.26. The van der Waals surface area contributed by atoms with Gasteiger partial charge in [0.05, 0.1) is 6.04 Å². The number of hydrogen-bond acceptors (Lipinski definition) is 5. The van der Waals surface area contributed by atoms with Crippen molar-refractivity contribution < 1.29 is 9.59 Å². The summed E-state index contributed by atoms with van der Waals surface area (Å²) in [6.45, 7) is 3.64. The molecule has 2 amide bonds. The van der Waals surface area contributed by atoms with Crippen LogP contribution in [-0.4, -0.2) is 21.8 Å². The van der Waals surface area contributed by atoms with Crippen molar-refractivity contribution in [2.75, 3.05) is 11.1 Å². The first-order valence-corrected chi connectivity index (χ1v) is 7.28. The summed E-state index contributed by atoms with van der Waals surface area (Å²) in [7, 11) is 0. The number of carbonyl (C=O) groups is 2. The molecule has 7 heteroatoms. The molecule has 2 aromatic rings. The first kappa shape index (κ1) is 16.4. The molecular formula is C16H19N5O2. The molecule has 0 bridgehead atoms. The summed E-state index contributed by atoms with van der Waals surface area (Å²) in [5, 5.41) is 5.59. The van der Waals surface area contributed by atoms with E-state index in [9.17, 15) is 9.59 Å². The first-order valence-electron chi connectivity index (χ1n) is 7.28. The molecule has 0 aliphatic carbocycles. The molecule has 1 heterocycles. The average Bonchev–Trinajstić information content (AvgIpc) is 2.55. The SMILES string of the molecule is CCC(=O)Nc1ccc(C(C)NC(=O)c2nccnc2N)cc1. The number of hydrogen-bond donors (Lipinski definition) is 3. The van der Waals surface area contributed by atoms with Gasteiger partial charge in [-0.3, -0.25) is 9.59 Å². The number of anilines is 2.